The second kappa shape index (κ2) is 7.93. The summed E-state index contributed by atoms with van der Waals surface area (Å²) in [6.45, 7) is 0. The van der Waals surface area contributed by atoms with E-state index in [0.29, 0.717) is 38.6 Å². The molecule has 6 aromatic rings. The predicted octanol–water partition coefficient (Wildman–Crippen LogP) is 5.00. The fraction of sp³-hybridized carbons (Fsp3) is 0.148. The molecule has 192 valence electrons. The highest BCUT2D eigenvalue weighted by Crippen LogP contribution is 2.60. The van der Waals surface area contributed by atoms with Crippen molar-refractivity contribution in [2.45, 2.75) is 18.4 Å². The average Bonchev–Trinajstić information content (AvgIpc) is 3.37. The van der Waals surface area contributed by atoms with E-state index < -0.39 is 17.8 Å². The summed E-state index contributed by atoms with van der Waals surface area (Å²) >= 11 is 6.31. The third-order valence-corrected chi connectivity index (χ3v) is 7.98. The number of pyridine rings is 1. The lowest BCUT2D eigenvalue weighted by Crippen LogP contribution is -2.26. The molecular formula is C27H17ClF2N8O. The highest BCUT2D eigenvalue weighted by atomic mass is 35.5. The molecule has 0 radical (unpaired) electrons. The van der Waals surface area contributed by atoms with Crippen LogP contribution in [-0.2, 0) is 0 Å². The number of rotatable bonds is 4. The molecule has 4 aromatic heterocycles. The number of imidazole rings is 1. The van der Waals surface area contributed by atoms with Gasteiger partial charge in [0, 0.05) is 50.9 Å². The molecule has 1 aliphatic heterocycles. The maximum atomic E-state index is 15.2. The van der Waals surface area contributed by atoms with Crippen LogP contribution in [0.25, 0.3) is 39.0 Å². The van der Waals surface area contributed by atoms with E-state index in [1.807, 2.05) is 6.07 Å². The lowest BCUT2D eigenvalue weighted by molar-refractivity contribution is 0.504. The molecule has 39 heavy (non-hydrogen) atoms. The Morgan fingerprint density at radius 2 is 1.95 bits per heavy atom. The smallest absolute Gasteiger partial charge is 0.252 e. The SMILES string of the molecule is O=c1cc(-c2cc(Cl)ccc2-n2cnnn2)cc2n1C(c1nc(-c3ccc4[nH]ccc4c3F)c(F)[nH]1)C1CC21. The molecule has 0 spiro atoms. The Kier molecular flexibility index (Phi) is 4.55. The number of aromatic nitrogens is 8. The van der Waals surface area contributed by atoms with Gasteiger partial charge in [0.05, 0.1) is 11.7 Å². The van der Waals surface area contributed by atoms with Crippen LogP contribution < -0.4 is 5.56 Å². The zero-order valence-electron chi connectivity index (χ0n) is 19.9. The third kappa shape index (κ3) is 3.26. The first-order valence-corrected chi connectivity index (χ1v) is 12.7. The first kappa shape index (κ1) is 22.4. The molecular weight excluding hydrogens is 526 g/mol. The van der Waals surface area contributed by atoms with Gasteiger partial charge in [0.2, 0.25) is 5.95 Å². The van der Waals surface area contributed by atoms with Crippen LogP contribution >= 0.6 is 11.6 Å². The number of H-pyrrole nitrogens is 2. The number of hydrogen-bond acceptors (Lipinski definition) is 5. The van der Waals surface area contributed by atoms with Crippen LogP contribution in [0.4, 0.5) is 8.78 Å². The van der Waals surface area contributed by atoms with Crippen molar-refractivity contribution in [3.63, 3.8) is 0 Å². The van der Waals surface area contributed by atoms with Gasteiger partial charge in [0.25, 0.3) is 5.56 Å². The number of aromatic amines is 2. The number of hydrogen-bond donors (Lipinski definition) is 2. The topological polar surface area (TPSA) is 110 Å². The summed E-state index contributed by atoms with van der Waals surface area (Å²) in [5, 5.41) is 12.3. The first-order valence-electron chi connectivity index (χ1n) is 12.3. The first-order chi connectivity index (χ1) is 19.0. The van der Waals surface area contributed by atoms with Crippen molar-refractivity contribution in [2.75, 3.05) is 0 Å². The molecule has 12 heteroatoms. The van der Waals surface area contributed by atoms with Crippen LogP contribution in [0.3, 0.4) is 0 Å². The van der Waals surface area contributed by atoms with E-state index in [9.17, 15) is 4.79 Å². The summed E-state index contributed by atoms with van der Waals surface area (Å²) in [7, 11) is 0. The molecule has 8 rings (SSSR count). The van der Waals surface area contributed by atoms with Crippen LogP contribution in [0.15, 0.2) is 65.8 Å². The number of tetrazole rings is 1. The van der Waals surface area contributed by atoms with Crippen LogP contribution in [0.2, 0.25) is 5.02 Å². The normalized spacial score (nSPS) is 19.4. The summed E-state index contributed by atoms with van der Waals surface area (Å²) in [5.41, 5.74) is 3.22. The van der Waals surface area contributed by atoms with Gasteiger partial charge in [-0.05, 0) is 70.8 Å². The molecule has 1 saturated carbocycles. The van der Waals surface area contributed by atoms with Crippen molar-refractivity contribution < 1.29 is 8.78 Å². The monoisotopic (exact) mass is 542 g/mol. The molecule has 1 fully saturated rings. The summed E-state index contributed by atoms with van der Waals surface area (Å²) in [5.74, 6) is -0.776. The van der Waals surface area contributed by atoms with Crippen molar-refractivity contribution in [2.24, 2.45) is 5.92 Å². The van der Waals surface area contributed by atoms with E-state index in [1.54, 1.807) is 41.1 Å². The number of nitrogens with zero attached hydrogens (tertiary/aromatic N) is 6. The second-order valence-corrected chi connectivity index (χ2v) is 10.3. The quantitative estimate of drug-likeness (QED) is 0.326. The molecule has 5 heterocycles. The number of nitrogens with one attached hydrogen (secondary N) is 2. The largest absolute Gasteiger partial charge is 0.361 e. The van der Waals surface area contributed by atoms with Gasteiger partial charge in [-0.15, -0.1) is 5.10 Å². The zero-order chi connectivity index (χ0) is 26.4. The Morgan fingerprint density at radius 1 is 1.05 bits per heavy atom. The Labute approximate surface area is 223 Å². The van der Waals surface area contributed by atoms with Gasteiger partial charge >= 0.3 is 0 Å². The molecule has 9 nitrogen and oxygen atoms in total. The summed E-state index contributed by atoms with van der Waals surface area (Å²) < 4.78 is 33.5. The molecule has 3 atom stereocenters. The summed E-state index contributed by atoms with van der Waals surface area (Å²) in [6, 6.07) is 13.1. The van der Waals surface area contributed by atoms with Gasteiger partial charge in [-0.3, -0.25) is 4.79 Å². The Morgan fingerprint density at radius 3 is 2.79 bits per heavy atom. The zero-order valence-corrected chi connectivity index (χ0v) is 20.7. The minimum atomic E-state index is -0.737. The average molecular weight is 543 g/mol. The molecule has 0 amide bonds. The van der Waals surface area contributed by atoms with Gasteiger partial charge in [0.15, 0.2) is 0 Å². The minimum Gasteiger partial charge on any atom is -0.361 e. The number of halogens is 3. The minimum absolute atomic E-state index is 0.0615. The molecule has 2 aromatic carbocycles. The Balaban J connectivity index is 1.23. The molecule has 2 aliphatic rings. The van der Waals surface area contributed by atoms with Crippen LogP contribution in [0, 0.1) is 17.7 Å². The van der Waals surface area contributed by atoms with Gasteiger partial charge in [-0.1, -0.05) is 11.6 Å². The van der Waals surface area contributed by atoms with Crippen molar-refractivity contribution in [3.05, 3.63) is 99.7 Å². The molecule has 3 unspecified atom stereocenters. The summed E-state index contributed by atoms with van der Waals surface area (Å²) in [6.07, 6.45) is 3.94. The van der Waals surface area contributed by atoms with E-state index in [-0.39, 0.29) is 28.7 Å². The van der Waals surface area contributed by atoms with Crippen molar-refractivity contribution in [3.8, 4) is 28.1 Å². The van der Waals surface area contributed by atoms with E-state index in [2.05, 4.69) is 30.5 Å². The maximum Gasteiger partial charge on any atom is 0.252 e. The molecule has 2 N–H and O–H groups in total. The molecule has 0 saturated heterocycles. The van der Waals surface area contributed by atoms with Crippen LogP contribution in [0.1, 0.15) is 29.9 Å². The van der Waals surface area contributed by atoms with E-state index in [1.165, 1.54) is 23.1 Å². The Bertz CT molecular complexity index is 1990. The molecule has 0 bridgehead atoms. The predicted molar refractivity (Wildman–Crippen MR) is 139 cm³/mol. The second-order valence-electron chi connectivity index (χ2n) is 9.89. The third-order valence-electron chi connectivity index (χ3n) is 7.75. The Hall–Kier alpha value is -4.64. The highest BCUT2D eigenvalue weighted by molar-refractivity contribution is 6.31. The van der Waals surface area contributed by atoms with E-state index in [4.69, 9.17) is 11.6 Å². The summed E-state index contributed by atoms with van der Waals surface area (Å²) in [4.78, 5) is 23.7. The van der Waals surface area contributed by atoms with Crippen molar-refractivity contribution >= 4 is 22.5 Å². The van der Waals surface area contributed by atoms with Crippen molar-refractivity contribution in [1.82, 2.24) is 39.7 Å². The number of fused-ring (bicyclic) bond motifs is 4. The van der Waals surface area contributed by atoms with Gasteiger partial charge < -0.3 is 14.5 Å². The standard InChI is InChI=1S/C27H17ClF2N8O/c28-13-1-4-20(37-11-32-35-36-37)16(9-13)12-7-21-17-10-18(17)25(38(21)22(39)8-12)27-33-24(26(30)34-27)15-2-3-19-14(23(15)29)5-6-31-19/h1-9,11,17-18,25,31H,10H2,(H,33,34). The van der Waals surface area contributed by atoms with Gasteiger partial charge in [-0.25, -0.2) is 9.37 Å². The lowest BCUT2D eigenvalue weighted by atomic mass is 10.0. The van der Waals surface area contributed by atoms with E-state index in [0.717, 1.165) is 12.1 Å². The molecule has 1 aliphatic carbocycles. The fourth-order valence-electron chi connectivity index (χ4n) is 5.94. The highest BCUT2D eigenvalue weighted by Gasteiger charge is 2.54. The fourth-order valence-corrected chi connectivity index (χ4v) is 6.11. The van der Waals surface area contributed by atoms with Crippen LogP contribution in [0.5, 0.6) is 0 Å². The van der Waals surface area contributed by atoms with Crippen LogP contribution in [-0.4, -0.2) is 39.7 Å². The number of benzene rings is 2. The van der Waals surface area contributed by atoms with Gasteiger partial charge in [0.1, 0.15) is 23.7 Å². The lowest BCUT2D eigenvalue weighted by Gasteiger charge is -2.17. The van der Waals surface area contributed by atoms with Gasteiger partial charge in [-0.2, -0.15) is 9.07 Å². The van der Waals surface area contributed by atoms with E-state index >= 15 is 8.78 Å². The maximum absolute atomic E-state index is 15.2. The van der Waals surface area contributed by atoms with Crippen molar-refractivity contribution in [1.29, 1.82) is 0 Å².